The van der Waals surface area contributed by atoms with Gasteiger partial charge in [-0.05, 0) is 92.0 Å². The van der Waals surface area contributed by atoms with Gasteiger partial charge in [0, 0.05) is 45.2 Å². The topological polar surface area (TPSA) is 79.7 Å². The minimum Gasteiger partial charge on any atom is -0.238 e. The van der Waals surface area contributed by atoms with Gasteiger partial charge in [-0.25, -0.2) is 24.8 Å². The van der Waals surface area contributed by atoms with Crippen molar-refractivity contribution in [1.82, 2.24) is 19.9 Å². The van der Waals surface area contributed by atoms with E-state index in [4.69, 9.17) is 26.5 Å². The minimum atomic E-state index is 0.0341. The summed E-state index contributed by atoms with van der Waals surface area (Å²) in [7, 11) is 0. The van der Waals surface area contributed by atoms with Crippen molar-refractivity contribution in [2.24, 2.45) is 0 Å². The average Bonchev–Trinajstić information content (AvgIpc) is 3.47. The Bertz CT molecular complexity index is 3700. The van der Waals surface area contributed by atoms with Gasteiger partial charge in [0.1, 0.15) is 0 Å². The molecule has 9 aromatic carbocycles. The number of aromatic nitrogens is 4. The smallest absolute Gasteiger partial charge is 0.187 e. The molecular weight excluding hydrogens is 877 g/mol. The molecule has 334 valence electrons. The Balaban J connectivity index is 0.884. The van der Waals surface area contributed by atoms with Crippen LogP contribution in [0.4, 0.5) is 5.69 Å². The molecule has 3 aliphatic carbocycles. The Morgan fingerprint density at radius 3 is 1.06 bits per heavy atom. The third kappa shape index (κ3) is 7.52. The van der Waals surface area contributed by atoms with Crippen LogP contribution in [0.25, 0.3) is 94.9 Å². The van der Waals surface area contributed by atoms with Crippen molar-refractivity contribution in [1.29, 1.82) is 5.26 Å². The maximum absolute atomic E-state index is 9.32. The Morgan fingerprint density at radius 1 is 0.319 bits per heavy atom. The van der Waals surface area contributed by atoms with E-state index in [1.165, 1.54) is 33.4 Å². The Hall–Kier alpha value is -9.88. The molecule has 14 rings (SSSR count). The van der Waals surface area contributed by atoms with Crippen LogP contribution in [0.5, 0.6) is 0 Å². The molecule has 6 nitrogen and oxygen atoms in total. The van der Waals surface area contributed by atoms with Crippen LogP contribution < -0.4 is 0 Å². The van der Waals surface area contributed by atoms with Gasteiger partial charge in [-0.3, -0.25) is 0 Å². The lowest BCUT2D eigenvalue weighted by Gasteiger charge is -2.42. The van der Waals surface area contributed by atoms with Gasteiger partial charge < -0.3 is 0 Å². The summed E-state index contributed by atoms with van der Waals surface area (Å²) in [6, 6.07) is 81.9. The predicted molar refractivity (Wildman–Crippen MR) is 287 cm³/mol. The van der Waals surface area contributed by atoms with E-state index < -0.39 is 0 Å². The summed E-state index contributed by atoms with van der Waals surface area (Å²) in [4.78, 5) is 24.3. The highest BCUT2D eigenvalue weighted by Crippen LogP contribution is 2.57. The summed E-state index contributed by atoms with van der Waals surface area (Å²) < 4.78 is 0. The average molecular weight is 917 g/mol. The molecule has 0 saturated carbocycles. The maximum Gasteiger partial charge on any atom is 0.187 e. The van der Waals surface area contributed by atoms with Gasteiger partial charge in [-0.2, -0.15) is 5.26 Å². The van der Waals surface area contributed by atoms with E-state index in [-0.39, 0.29) is 11.8 Å². The van der Waals surface area contributed by atoms with Gasteiger partial charge in [0.15, 0.2) is 17.3 Å². The van der Waals surface area contributed by atoms with Crippen LogP contribution in [0, 0.1) is 17.9 Å². The van der Waals surface area contributed by atoms with Crippen molar-refractivity contribution in [3.05, 3.63) is 281 Å². The molecule has 2 atom stereocenters. The number of nitriles is 1. The lowest BCUT2D eigenvalue weighted by molar-refractivity contribution is 0.755. The van der Waals surface area contributed by atoms with Gasteiger partial charge in [-0.15, -0.1) is 0 Å². The molecule has 0 amide bonds. The SMILES string of the molecule is [C-]#[N+]c1ccc(-c2ccc(-c3cc(-c4ccc5c(c4)C4c6ccccc6C5c5cc(-c6cc(-c7ccc(-c8ccc(C#N)cc8)cc7)nc(-c7ccccc7)n6)ccc54)nc(-c4ccccc4)n3)cc2)cc1. The zero-order valence-corrected chi connectivity index (χ0v) is 38.8. The molecule has 2 unspecified atom stereocenters. The van der Waals surface area contributed by atoms with Gasteiger partial charge >= 0.3 is 0 Å². The van der Waals surface area contributed by atoms with Crippen LogP contribution in [0.15, 0.2) is 231 Å². The summed E-state index contributed by atoms with van der Waals surface area (Å²) in [5.74, 6) is 1.41. The summed E-state index contributed by atoms with van der Waals surface area (Å²) >= 11 is 0. The standard InChI is InChI=1S/C66H40N6/c1-68-52-32-28-45(29-33-52)44-22-26-47(27-23-44)60-39-62(72-66(70-60)49-12-6-3-7-13-49)51-31-35-56-58(37-51)64-54-15-9-8-14-53(54)63(56)57-36-50(30-34-55(57)64)61-38-59(69-65(71-61)48-10-4-2-5-11-48)46-24-20-43(21-25-46)42-18-16-41(40-67)17-19-42/h2-39,63-64H. The highest BCUT2D eigenvalue weighted by atomic mass is 14.9. The monoisotopic (exact) mass is 916 g/mol. The molecule has 0 saturated heterocycles. The first-order valence-electron chi connectivity index (χ1n) is 24.0. The molecule has 0 fully saturated rings. The van der Waals surface area contributed by atoms with Crippen molar-refractivity contribution in [3.63, 3.8) is 0 Å². The molecule has 2 bridgehead atoms. The van der Waals surface area contributed by atoms with Gasteiger partial charge in [0.2, 0.25) is 0 Å². The highest BCUT2D eigenvalue weighted by molar-refractivity contribution is 5.80. The summed E-state index contributed by atoms with van der Waals surface area (Å²) in [6.45, 7) is 7.35. The zero-order chi connectivity index (χ0) is 48.1. The van der Waals surface area contributed by atoms with Gasteiger partial charge in [0.05, 0.1) is 41.0 Å². The van der Waals surface area contributed by atoms with E-state index >= 15 is 0 Å². The van der Waals surface area contributed by atoms with Crippen LogP contribution in [0.2, 0.25) is 0 Å². The van der Waals surface area contributed by atoms with Crippen molar-refractivity contribution in [2.45, 2.75) is 11.8 Å². The van der Waals surface area contributed by atoms with Gasteiger partial charge in [0.25, 0.3) is 0 Å². The van der Waals surface area contributed by atoms with Crippen LogP contribution in [-0.4, -0.2) is 19.9 Å². The molecule has 11 aromatic rings. The molecule has 0 spiro atoms. The first-order valence-corrected chi connectivity index (χ1v) is 24.0. The molecule has 0 radical (unpaired) electrons. The minimum absolute atomic E-state index is 0.0341. The van der Waals surface area contributed by atoms with Crippen LogP contribution >= 0.6 is 0 Å². The second-order valence-electron chi connectivity index (χ2n) is 18.3. The largest absolute Gasteiger partial charge is 0.238 e. The number of hydrogen-bond acceptors (Lipinski definition) is 5. The molecule has 2 aromatic heterocycles. The van der Waals surface area contributed by atoms with E-state index in [2.05, 4.69) is 157 Å². The third-order valence-electron chi connectivity index (χ3n) is 14.2. The fourth-order valence-electron chi connectivity index (χ4n) is 10.6. The van der Waals surface area contributed by atoms with E-state index in [0.29, 0.717) is 22.9 Å². The van der Waals surface area contributed by atoms with Crippen molar-refractivity contribution >= 4 is 5.69 Å². The molecule has 0 N–H and O–H groups in total. The molecule has 0 aliphatic heterocycles. The fourth-order valence-corrected chi connectivity index (χ4v) is 10.6. The lowest BCUT2D eigenvalue weighted by Crippen LogP contribution is -2.27. The quantitative estimate of drug-likeness (QED) is 0.142. The van der Waals surface area contributed by atoms with Crippen molar-refractivity contribution in [3.8, 4) is 96.1 Å². The van der Waals surface area contributed by atoms with E-state index in [1.54, 1.807) is 0 Å². The molecule has 72 heavy (non-hydrogen) atoms. The second-order valence-corrected chi connectivity index (χ2v) is 18.3. The zero-order valence-electron chi connectivity index (χ0n) is 38.8. The van der Waals surface area contributed by atoms with Crippen molar-refractivity contribution in [2.75, 3.05) is 0 Å². The highest BCUT2D eigenvalue weighted by Gasteiger charge is 2.41. The Kier molecular flexibility index (Phi) is 10.3. The fraction of sp³-hybridized carbons (Fsp3) is 0.0303. The molecular formula is C66H40N6. The third-order valence-corrected chi connectivity index (χ3v) is 14.2. The Morgan fingerprint density at radius 2 is 0.653 bits per heavy atom. The normalized spacial score (nSPS) is 13.8. The van der Waals surface area contributed by atoms with Crippen LogP contribution in [0.3, 0.4) is 0 Å². The van der Waals surface area contributed by atoms with E-state index in [0.717, 1.165) is 78.4 Å². The van der Waals surface area contributed by atoms with Crippen LogP contribution in [0.1, 0.15) is 50.8 Å². The molecule has 3 aliphatic rings. The predicted octanol–water partition coefficient (Wildman–Crippen LogP) is 16.0. The first kappa shape index (κ1) is 42.2. The summed E-state index contributed by atoms with van der Waals surface area (Å²) in [6.07, 6.45) is 0. The van der Waals surface area contributed by atoms with E-state index in [9.17, 15) is 5.26 Å². The number of nitrogens with zero attached hydrogens (tertiary/aromatic N) is 6. The van der Waals surface area contributed by atoms with Crippen LogP contribution in [-0.2, 0) is 0 Å². The molecule has 2 heterocycles. The maximum atomic E-state index is 9.32. The first-order chi connectivity index (χ1) is 35.5. The van der Waals surface area contributed by atoms with Crippen molar-refractivity contribution < 1.29 is 0 Å². The number of rotatable bonds is 8. The number of hydrogen-bond donors (Lipinski definition) is 0. The van der Waals surface area contributed by atoms with Gasteiger partial charge in [-0.1, -0.05) is 194 Å². The van der Waals surface area contributed by atoms with E-state index in [1.807, 2.05) is 84.9 Å². The number of benzene rings is 9. The second kappa shape index (κ2) is 17.6. The molecule has 6 heteroatoms. The summed E-state index contributed by atoms with van der Waals surface area (Å²) in [5, 5.41) is 9.32. The Labute approximate surface area is 417 Å². The summed E-state index contributed by atoms with van der Waals surface area (Å²) in [5.41, 5.74) is 22.8. The lowest BCUT2D eigenvalue weighted by atomic mass is 9.60.